The fourth-order valence-electron chi connectivity index (χ4n) is 1.24. The van der Waals surface area contributed by atoms with Crippen LogP contribution in [0, 0.1) is 0 Å². The highest BCUT2D eigenvalue weighted by Gasteiger charge is 2.08. The number of carbonyl (C=O) groups is 1. The molecule has 20 heavy (non-hydrogen) atoms. The summed E-state index contributed by atoms with van der Waals surface area (Å²) in [5.41, 5.74) is 3.67. The van der Waals surface area contributed by atoms with E-state index in [1.165, 1.54) is 0 Å². The Morgan fingerprint density at radius 1 is 1.50 bits per heavy atom. The quantitative estimate of drug-likeness (QED) is 0.411. The van der Waals surface area contributed by atoms with Crippen LogP contribution in [0.1, 0.15) is 13.3 Å². The predicted octanol–water partition coefficient (Wildman–Crippen LogP) is 2.61. The van der Waals surface area contributed by atoms with Crippen molar-refractivity contribution in [1.29, 1.82) is 0 Å². The van der Waals surface area contributed by atoms with Crippen molar-refractivity contribution in [1.82, 2.24) is 10.6 Å². The smallest absolute Gasteiger partial charge is 0.271 e. The van der Waals surface area contributed by atoms with Crippen LogP contribution in [0.25, 0.3) is 0 Å². The van der Waals surface area contributed by atoms with Crippen molar-refractivity contribution in [3.63, 3.8) is 0 Å². The summed E-state index contributed by atoms with van der Waals surface area (Å²) in [6.45, 7) is 5.56. The van der Waals surface area contributed by atoms with Crippen molar-refractivity contribution in [2.24, 2.45) is 0 Å². The van der Waals surface area contributed by atoms with Crippen LogP contribution in [0.3, 0.4) is 0 Å². The minimum absolute atomic E-state index is 0.254. The van der Waals surface area contributed by atoms with Crippen molar-refractivity contribution >= 4 is 17.5 Å². The fourth-order valence-corrected chi connectivity index (χ4v) is 1.38. The molecule has 0 rings (SSSR count). The molecule has 0 spiro atoms. The van der Waals surface area contributed by atoms with Crippen LogP contribution in [0.15, 0.2) is 53.0 Å². The summed E-state index contributed by atoms with van der Waals surface area (Å²) in [7, 11) is 3.24. The van der Waals surface area contributed by atoms with Crippen molar-refractivity contribution in [3.05, 3.63) is 53.0 Å². The van der Waals surface area contributed by atoms with Gasteiger partial charge in [0.05, 0.1) is 12.3 Å². The van der Waals surface area contributed by atoms with E-state index < -0.39 is 0 Å². The van der Waals surface area contributed by atoms with E-state index in [0.717, 1.165) is 0 Å². The molecule has 0 aliphatic heterocycles. The van der Waals surface area contributed by atoms with Gasteiger partial charge in [0.15, 0.2) is 0 Å². The minimum Gasteiger partial charge on any atom is -0.384 e. The van der Waals surface area contributed by atoms with E-state index in [4.69, 9.17) is 16.3 Å². The van der Waals surface area contributed by atoms with Gasteiger partial charge in [0.2, 0.25) is 0 Å². The Morgan fingerprint density at radius 3 is 2.75 bits per heavy atom. The zero-order valence-corrected chi connectivity index (χ0v) is 12.9. The van der Waals surface area contributed by atoms with E-state index in [1.807, 2.05) is 6.08 Å². The number of halogens is 1. The molecule has 5 heteroatoms. The first-order valence-electron chi connectivity index (χ1n) is 6.11. The van der Waals surface area contributed by atoms with Gasteiger partial charge in [-0.15, -0.1) is 5.73 Å². The molecule has 0 aliphatic rings. The van der Waals surface area contributed by atoms with E-state index in [0.29, 0.717) is 29.5 Å². The second-order valence-corrected chi connectivity index (χ2v) is 4.27. The molecule has 0 fully saturated rings. The summed E-state index contributed by atoms with van der Waals surface area (Å²) in [5, 5.41) is 6.10. The lowest BCUT2D eigenvalue weighted by atomic mass is 10.3. The number of methoxy groups -OCH3 is 1. The molecule has 110 valence electrons. The molecule has 2 N–H and O–H groups in total. The average Bonchev–Trinajstić information content (AvgIpc) is 2.44. The van der Waals surface area contributed by atoms with E-state index >= 15 is 0 Å². The summed E-state index contributed by atoms with van der Waals surface area (Å²) < 4.78 is 4.89. The normalized spacial score (nSPS) is 12.7. The van der Waals surface area contributed by atoms with Crippen molar-refractivity contribution in [2.45, 2.75) is 13.3 Å². The first-order valence-corrected chi connectivity index (χ1v) is 6.49. The van der Waals surface area contributed by atoms with Crippen molar-refractivity contribution in [2.75, 3.05) is 20.8 Å². The van der Waals surface area contributed by atoms with Crippen LogP contribution in [-0.4, -0.2) is 26.7 Å². The Bertz CT molecular complexity index is 458. The summed E-state index contributed by atoms with van der Waals surface area (Å²) >= 11 is 6.11. The van der Waals surface area contributed by atoms with Crippen molar-refractivity contribution < 1.29 is 9.53 Å². The van der Waals surface area contributed by atoms with Crippen LogP contribution in [-0.2, 0) is 9.53 Å². The molecule has 4 nitrogen and oxygen atoms in total. The SMILES string of the molecule is C=C=C/C=C\C/C(Cl)=C(\C)NC(=O)/C(=C/COC)NC. The minimum atomic E-state index is -0.254. The van der Waals surface area contributed by atoms with Crippen LogP contribution >= 0.6 is 11.6 Å². The Balaban J connectivity index is 4.66. The number of amides is 1. The second kappa shape index (κ2) is 11.1. The molecular weight excluding hydrogens is 276 g/mol. The number of carbonyl (C=O) groups excluding carboxylic acids is 1. The van der Waals surface area contributed by atoms with Crippen LogP contribution in [0.5, 0.6) is 0 Å². The standard InChI is InChI=1S/C15H21ClN2O2/c1-5-6-7-8-9-13(16)12(2)18-15(19)14(17-3)10-11-20-4/h6-8,10,17H,1,9,11H2,2-4H3,(H,18,19)/b8-7-,13-12-,14-10-. The number of rotatable bonds is 8. The lowest BCUT2D eigenvalue weighted by Gasteiger charge is -2.10. The maximum absolute atomic E-state index is 11.9. The first kappa shape index (κ1) is 18.3. The predicted molar refractivity (Wildman–Crippen MR) is 83.2 cm³/mol. The molecule has 0 aromatic rings. The number of allylic oxidation sites excluding steroid dienone is 5. The second-order valence-electron chi connectivity index (χ2n) is 3.81. The van der Waals surface area contributed by atoms with Gasteiger partial charge in [-0.05, 0) is 19.1 Å². The van der Waals surface area contributed by atoms with E-state index in [1.54, 1.807) is 39.3 Å². The molecule has 0 bridgehead atoms. The molecule has 0 saturated carbocycles. The highest BCUT2D eigenvalue weighted by molar-refractivity contribution is 6.30. The third kappa shape index (κ3) is 7.64. The summed E-state index contributed by atoms with van der Waals surface area (Å²) in [5.74, 6) is -0.254. The third-order valence-corrected chi connectivity index (χ3v) is 2.76. The molecule has 0 heterocycles. The van der Waals surface area contributed by atoms with Gasteiger partial charge < -0.3 is 15.4 Å². The van der Waals surface area contributed by atoms with Gasteiger partial charge in [0.25, 0.3) is 5.91 Å². The highest BCUT2D eigenvalue weighted by atomic mass is 35.5. The number of ether oxygens (including phenoxy) is 1. The molecule has 0 aromatic carbocycles. The zero-order chi connectivity index (χ0) is 15.4. The molecule has 0 aliphatic carbocycles. The summed E-state index contributed by atoms with van der Waals surface area (Å²) in [6.07, 6.45) is 7.52. The van der Waals surface area contributed by atoms with Crippen LogP contribution in [0.4, 0.5) is 0 Å². The number of hydrogen-bond donors (Lipinski definition) is 2. The number of nitrogens with one attached hydrogen (secondary N) is 2. The Hall–Kier alpha value is -1.74. The topological polar surface area (TPSA) is 50.4 Å². The first-order chi connectivity index (χ1) is 9.56. The Labute approximate surface area is 125 Å². The van der Waals surface area contributed by atoms with Crippen molar-refractivity contribution in [3.8, 4) is 0 Å². The largest absolute Gasteiger partial charge is 0.384 e. The van der Waals surface area contributed by atoms with Gasteiger partial charge in [0, 0.05) is 31.3 Å². The van der Waals surface area contributed by atoms with Gasteiger partial charge in [-0.1, -0.05) is 30.3 Å². The molecule has 1 amide bonds. The van der Waals surface area contributed by atoms with Crippen LogP contribution in [0.2, 0.25) is 0 Å². The van der Waals surface area contributed by atoms with E-state index in [2.05, 4.69) is 22.9 Å². The third-order valence-electron chi connectivity index (χ3n) is 2.32. The van der Waals surface area contributed by atoms with Gasteiger partial charge in [0.1, 0.15) is 0 Å². The van der Waals surface area contributed by atoms with Crippen LogP contribution < -0.4 is 10.6 Å². The molecular formula is C15H21ClN2O2. The fraction of sp³-hybridized carbons (Fsp3) is 0.333. The monoisotopic (exact) mass is 296 g/mol. The summed E-state index contributed by atoms with van der Waals surface area (Å²) in [6, 6.07) is 0. The molecule has 0 radical (unpaired) electrons. The lowest BCUT2D eigenvalue weighted by molar-refractivity contribution is -0.117. The molecule has 0 unspecified atom stereocenters. The average molecular weight is 297 g/mol. The van der Waals surface area contributed by atoms with E-state index in [9.17, 15) is 4.79 Å². The lowest BCUT2D eigenvalue weighted by Crippen LogP contribution is -2.29. The number of likely N-dealkylation sites (N-methyl/N-ethyl adjacent to an activating group) is 1. The molecule has 0 aromatic heterocycles. The van der Waals surface area contributed by atoms with E-state index in [-0.39, 0.29) is 5.91 Å². The molecule has 0 atom stereocenters. The Kier molecular flexibility index (Phi) is 10.2. The summed E-state index contributed by atoms with van der Waals surface area (Å²) in [4.78, 5) is 11.9. The zero-order valence-electron chi connectivity index (χ0n) is 12.1. The molecule has 0 saturated heterocycles. The van der Waals surface area contributed by atoms with Gasteiger partial charge in [-0.2, -0.15) is 0 Å². The maximum atomic E-state index is 11.9. The Morgan fingerprint density at radius 2 is 2.20 bits per heavy atom. The van der Waals surface area contributed by atoms with Gasteiger partial charge in [-0.25, -0.2) is 0 Å². The number of hydrogen-bond acceptors (Lipinski definition) is 3. The maximum Gasteiger partial charge on any atom is 0.271 e. The van der Waals surface area contributed by atoms with Gasteiger partial charge >= 0.3 is 0 Å². The van der Waals surface area contributed by atoms with Gasteiger partial charge in [-0.3, -0.25) is 4.79 Å². The highest BCUT2D eigenvalue weighted by Crippen LogP contribution is 2.12.